The monoisotopic (exact) mass is 345 g/mol. The molecule has 1 atom stereocenters. The van der Waals surface area contributed by atoms with E-state index in [2.05, 4.69) is 10.3 Å². The summed E-state index contributed by atoms with van der Waals surface area (Å²) in [4.78, 5) is 40.7. The second kappa shape index (κ2) is 7.31. The van der Waals surface area contributed by atoms with Gasteiger partial charge in [-0.25, -0.2) is 9.59 Å². The summed E-state index contributed by atoms with van der Waals surface area (Å²) in [6.45, 7) is 0.332. The lowest BCUT2D eigenvalue weighted by Crippen LogP contribution is -2.49. The van der Waals surface area contributed by atoms with E-state index in [1.165, 1.54) is 11.8 Å². The van der Waals surface area contributed by atoms with Crippen LogP contribution in [0.1, 0.15) is 5.56 Å². The standard InChI is InChI=1S/C16H15N3O4S/c20-14-13-12(6-9-24-13)18-15(21)19(14)8-7-17-16(22)23-10-11-4-2-1-3-5-11/h1-6,9,13H,7-8,10H2,(H,17,22). The van der Waals surface area contributed by atoms with Gasteiger partial charge in [0, 0.05) is 13.1 Å². The van der Waals surface area contributed by atoms with Crippen LogP contribution in [-0.2, 0) is 16.1 Å². The summed E-state index contributed by atoms with van der Waals surface area (Å²) in [6, 6.07) is 8.69. The van der Waals surface area contributed by atoms with Crippen molar-refractivity contribution in [3.05, 3.63) is 47.4 Å². The number of allylic oxidation sites excluding steroid dienone is 1. The molecule has 2 aliphatic rings. The molecule has 1 N–H and O–H groups in total. The zero-order valence-electron chi connectivity index (χ0n) is 12.7. The van der Waals surface area contributed by atoms with E-state index in [0.29, 0.717) is 5.71 Å². The normalized spacial score (nSPS) is 19.1. The number of alkyl carbamates (subject to hydrolysis) is 1. The summed E-state index contributed by atoms with van der Waals surface area (Å²) in [5.74, 6) is -0.306. The number of amides is 4. The number of hydrogen-bond acceptors (Lipinski definition) is 5. The van der Waals surface area contributed by atoms with Crippen LogP contribution in [-0.4, -0.2) is 47.0 Å². The third-order valence-electron chi connectivity index (χ3n) is 3.49. The number of nitrogens with one attached hydrogen (secondary N) is 1. The predicted molar refractivity (Wildman–Crippen MR) is 89.7 cm³/mol. The molecule has 3 rings (SSSR count). The molecule has 2 aliphatic heterocycles. The van der Waals surface area contributed by atoms with Gasteiger partial charge in [-0.05, 0) is 17.0 Å². The van der Waals surface area contributed by atoms with Gasteiger partial charge in [-0.15, -0.1) is 11.8 Å². The molecule has 2 heterocycles. The Bertz CT molecular complexity index is 717. The van der Waals surface area contributed by atoms with E-state index >= 15 is 0 Å². The van der Waals surface area contributed by atoms with Gasteiger partial charge in [0.05, 0.1) is 5.71 Å². The van der Waals surface area contributed by atoms with Gasteiger partial charge in [0.25, 0.3) is 0 Å². The van der Waals surface area contributed by atoms with E-state index in [1.54, 1.807) is 11.5 Å². The van der Waals surface area contributed by atoms with E-state index in [4.69, 9.17) is 4.74 Å². The molecule has 124 valence electrons. The van der Waals surface area contributed by atoms with Gasteiger partial charge in [-0.3, -0.25) is 9.69 Å². The highest BCUT2D eigenvalue weighted by Gasteiger charge is 2.38. The van der Waals surface area contributed by atoms with Crippen molar-refractivity contribution in [2.45, 2.75) is 11.9 Å². The summed E-state index contributed by atoms with van der Waals surface area (Å²) in [5, 5.41) is 3.82. The SMILES string of the molecule is O=C(NCCN1C(=O)N=C2C=CSC2C1=O)OCc1ccccc1. The molecule has 0 aromatic heterocycles. The summed E-state index contributed by atoms with van der Waals surface area (Å²) < 4.78 is 5.06. The first kappa shape index (κ1) is 16.3. The highest BCUT2D eigenvalue weighted by Crippen LogP contribution is 2.27. The first-order valence-corrected chi connectivity index (χ1v) is 8.30. The minimum absolute atomic E-state index is 0.0615. The van der Waals surface area contributed by atoms with Crippen LogP contribution in [0.25, 0.3) is 0 Å². The van der Waals surface area contributed by atoms with Crippen molar-refractivity contribution in [2.24, 2.45) is 4.99 Å². The number of thioether (sulfide) groups is 1. The second-order valence-corrected chi connectivity index (χ2v) is 6.13. The van der Waals surface area contributed by atoms with Crippen LogP contribution in [0, 0.1) is 0 Å². The zero-order chi connectivity index (χ0) is 16.9. The number of fused-ring (bicyclic) bond motifs is 1. The van der Waals surface area contributed by atoms with Gasteiger partial charge in [-0.1, -0.05) is 30.3 Å². The largest absolute Gasteiger partial charge is 0.445 e. The molecule has 1 aromatic rings. The quantitative estimate of drug-likeness (QED) is 0.881. The molecule has 0 fully saturated rings. The van der Waals surface area contributed by atoms with Crippen molar-refractivity contribution in [1.29, 1.82) is 0 Å². The van der Waals surface area contributed by atoms with Gasteiger partial charge < -0.3 is 10.1 Å². The van der Waals surface area contributed by atoms with Crippen molar-refractivity contribution >= 4 is 35.5 Å². The lowest BCUT2D eigenvalue weighted by Gasteiger charge is -2.25. The number of ether oxygens (including phenoxy) is 1. The Labute approximate surface area is 142 Å². The Morgan fingerprint density at radius 1 is 1.29 bits per heavy atom. The summed E-state index contributed by atoms with van der Waals surface area (Å²) in [7, 11) is 0. The number of rotatable bonds is 5. The third kappa shape index (κ3) is 3.65. The number of hydrogen-bond donors (Lipinski definition) is 1. The van der Waals surface area contributed by atoms with E-state index in [9.17, 15) is 14.4 Å². The predicted octanol–water partition coefficient (Wildman–Crippen LogP) is 1.95. The second-order valence-electron chi connectivity index (χ2n) is 5.12. The van der Waals surface area contributed by atoms with E-state index in [0.717, 1.165) is 10.5 Å². The summed E-state index contributed by atoms with van der Waals surface area (Å²) in [6.07, 6.45) is 1.07. The maximum absolute atomic E-state index is 12.2. The molecule has 0 spiro atoms. The molecule has 0 saturated carbocycles. The van der Waals surface area contributed by atoms with Crippen LogP contribution in [0.4, 0.5) is 9.59 Å². The highest BCUT2D eigenvalue weighted by atomic mass is 32.2. The molecule has 1 aromatic carbocycles. The first-order valence-electron chi connectivity index (χ1n) is 7.35. The van der Waals surface area contributed by atoms with Crippen LogP contribution in [0.5, 0.6) is 0 Å². The number of aliphatic imine (C=N–C) groups is 1. The van der Waals surface area contributed by atoms with Crippen LogP contribution in [0.3, 0.4) is 0 Å². The van der Waals surface area contributed by atoms with E-state index < -0.39 is 17.4 Å². The number of imide groups is 1. The molecule has 1 unspecified atom stereocenters. The van der Waals surface area contributed by atoms with Crippen LogP contribution < -0.4 is 5.32 Å². The van der Waals surface area contributed by atoms with Gasteiger partial charge in [0.1, 0.15) is 11.9 Å². The fourth-order valence-corrected chi connectivity index (χ4v) is 3.17. The molecule has 0 saturated heterocycles. The van der Waals surface area contributed by atoms with Crippen molar-refractivity contribution in [3.63, 3.8) is 0 Å². The van der Waals surface area contributed by atoms with Gasteiger partial charge in [0.15, 0.2) is 0 Å². The molecule has 0 bridgehead atoms. The third-order valence-corrected chi connectivity index (χ3v) is 4.49. The maximum Gasteiger partial charge on any atom is 0.407 e. The molecule has 8 heteroatoms. The van der Waals surface area contributed by atoms with Crippen molar-refractivity contribution in [3.8, 4) is 0 Å². The van der Waals surface area contributed by atoms with Crippen molar-refractivity contribution < 1.29 is 19.1 Å². The summed E-state index contributed by atoms with van der Waals surface area (Å²) in [5.41, 5.74) is 1.36. The first-order chi connectivity index (χ1) is 11.6. The van der Waals surface area contributed by atoms with Crippen molar-refractivity contribution in [1.82, 2.24) is 10.2 Å². The molecule has 0 radical (unpaired) electrons. The topological polar surface area (TPSA) is 88.1 Å². The zero-order valence-corrected chi connectivity index (χ0v) is 13.5. The Morgan fingerprint density at radius 2 is 2.08 bits per heavy atom. The van der Waals surface area contributed by atoms with E-state index in [-0.39, 0.29) is 25.6 Å². The molecule has 7 nitrogen and oxygen atoms in total. The lowest BCUT2D eigenvalue weighted by molar-refractivity contribution is -0.126. The number of urea groups is 1. The minimum Gasteiger partial charge on any atom is -0.445 e. The highest BCUT2D eigenvalue weighted by molar-refractivity contribution is 8.04. The number of carbonyl (C=O) groups excluding carboxylic acids is 3. The average Bonchev–Trinajstić information content (AvgIpc) is 3.05. The average molecular weight is 345 g/mol. The smallest absolute Gasteiger partial charge is 0.407 e. The fourth-order valence-electron chi connectivity index (χ4n) is 2.28. The van der Waals surface area contributed by atoms with Crippen molar-refractivity contribution in [2.75, 3.05) is 13.1 Å². The molecule has 4 amide bonds. The number of carbonyl (C=O) groups is 3. The minimum atomic E-state index is -0.600. The van der Waals surface area contributed by atoms with Gasteiger partial charge in [-0.2, -0.15) is 4.99 Å². The van der Waals surface area contributed by atoms with E-state index in [1.807, 2.05) is 30.3 Å². The molecular weight excluding hydrogens is 330 g/mol. The molecule has 24 heavy (non-hydrogen) atoms. The Balaban J connectivity index is 1.44. The lowest BCUT2D eigenvalue weighted by atomic mass is 10.2. The van der Waals surface area contributed by atoms with Gasteiger partial charge in [0.2, 0.25) is 5.91 Å². The molecule has 0 aliphatic carbocycles. The number of benzene rings is 1. The summed E-state index contributed by atoms with van der Waals surface area (Å²) >= 11 is 1.32. The Kier molecular flexibility index (Phi) is 4.95. The molecular formula is C16H15N3O4S. The van der Waals surface area contributed by atoms with Gasteiger partial charge >= 0.3 is 12.1 Å². The van der Waals surface area contributed by atoms with Crippen LogP contribution in [0.15, 0.2) is 46.8 Å². The van der Waals surface area contributed by atoms with Crippen LogP contribution >= 0.6 is 11.8 Å². The fraction of sp³-hybridized carbons (Fsp3) is 0.250. The number of nitrogens with zero attached hydrogens (tertiary/aromatic N) is 2. The van der Waals surface area contributed by atoms with Crippen LogP contribution in [0.2, 0.25) is 0 Å². The maximum atomic E-state index is 12.2. The Hall–Kier alpha value is -2.61. The Morgan fingerprint density at radius 3 is 2.88 bits per heavy atom.